The van der Waals surface area contributed by atoms with Crippen molar-refractivity contribution in [1.82, 2.24) is 10.7 Å². The van der Waals surface area contributed by atoms with E-state index in [0.29, 0.717) is 40.3 Å². The van der Waals surface area contributed by atoms with Crippen LogP contribution >= 0.6 is 23.2 Å². The lowest BCUT2D eigenvalue weighted by atomic mass is 10.2. The largest absolute Gasteiger partial charge is 0.455 e. The van der Waals surface area contributed by atoms with Crippen molar-refractivity contribution < 1.29 is 18.7 Å². The molecule has 1 aromatic carbocycles. The topological polar surface area (TPSA) is 92.9 Å². The lowest BCUT2D eigenvalue weighted by Gasteiger charge is -2.09. The molecule has 1 fully saturated rings. The third-order valence-corrected chi connectivity index (χ3v) is 4.29. The molecule has 2 heterocycles. The molecule has 0 unspecified atom stereocenters. The number of halogens is 2. The van der Waals surface area contributed by atoms with E-state index in [-0.39, 0.29) is 6.10 Å². The van der Waals surface area contributed by atoms with Crippen molar-refractivity contribution in [3.05, 3.63) is 46.1 Å². The fourth-order valence-electron chi connectivity index (χ4n) is 2.57. The summed E-state index contributed by atoms with van der Waals surface area (Å²) in [5.41, 5.74) is 2.86. The Morgan fingerprint density at radius 3 is 2.67 bits per heavy atom. The van der Waals surface area contributed by atoms with Gasteiger partial charge in [0.05, 0.1) is 12.3 Å². The van der Waals surface area contributed by atoms with E-state index in [9.17, 15) is 9.59 Å². The first-order chi connectivity index (χ1) is 13.0. The highest BCUT2D eigenvalue weighted by Gasteiger charge is 2.19. The number of hydrogen-bond acceptors (Lipinski definition) is 5. The molecular formula is C18H17Cl2N3O4. The molecule has 142 valence electrons. The van der Waals surface area contributed by atoms with Crippen LogP contribution in [0.2, 0.25) is 10.0 Å². The van der Waals surface area contributed by atoms with Crippen molar-refractivity contribution in [2.24, 2.45) is 5.10 Å². The Bertz CT molecular complexity index is 840. The van der Waals surface area contributed by atoms with Gasteiger partial charge in [-0.3, -0.25) is 9.59 Å². The molecule has 0 saturated carbocycles. The molecule has 2 amide bonds. The lowest BCUT2D eigenvalue weighted by Crippen LogP contribution is -2.41. The molecule has 1 saturated heterocycles. The van der Waals surface area contributed by atoms with Gasteiger partial charge < -0.3 is 14.5 Å². The van der Waals surface area contributed by atoms with Crippen LogP contribution in [-0.4, -0.2) is 37.3 Å². The van der Waals surface area contributed by atoms with Crippen LogP contribution < -0.4 is 10.7 Å². The van der Waals surface area contributed by atoms with E-state index in [1.165, 1.54) is 6.21 Å². The minimum atomic E-state index is -0.863. The van der Waals surface area contributed by atoms with E-state index in [2.05, 4.69) is 15.8 Å². The van der Waals surface area contributed by atoms with Gasteiger partial charge in [0.1, 0.15) is 11.5 Å². The van der Waals surface area contributed by atoms with E-state index in [1.54, 1.807) is 30.3 Å². The average Bonchev–Trinajstić information content (AvgIpc) is 3.30. The number of hydrazone groups is 1. The van der Waals surface area contributed by atoms with Crippen LogP contribution in [0.1, 0.15) is 18.6 Å². The van der Waals surface area contributed by atoms with Gasteiger partial charge in [0, 0.05) is 28.8 Å². The number of rotatable bonds is 5. The quantitative estimate of drug-likeness (QED) is 0.450. The number of carbonyl (C=O) groups is 2. The van der Waals surface area contributed by atoms with Gasteiger partial charge in [-0.25, -0.2) is 5.43 Å². The second kappa shape index (κ2) is 9.03. The zero-order valence-corrected chi connectivity index (χ0v) is 15.7. The summed E-state index contributed by atoms with van der Waals surface area (Å²) in [6.07, 6.45) is 3.09. The van der Waals surface area contributed by atoms with E-state index in [0.717, 1.165) is 12.8 Å². The zero-order valence-electron chi connectivity index (χ0n) is 14.2. The maximum Gasteiger partial charge on any atom is 0.329 e. The molecule has 2 N–H and O–H groups in total. The van der Waals surface area contributed by atoms with Crippen LogP contribution in [0.25, 0.3) is 11.3 Å². The number of benzene rings is 1. The molecule has 2 aromatic rings. The highest BCUT2D eigenvalue weighted by atomic mass is 35.5. The van der Waals surface area contributed by atoms with Crippen molar-refractivity contribution in [2.75, 3.05) is 13.2 Å². The van der Waals surface area contributed by atoms with Gasteiger partial charge in [0.25, 0.3) is 0 Å². The molecule has 1 aliphatic rings. The standard InChI is InChI=1S/C18H17Cl2N3O4/c19-12-6-11(7-13(20)8-12)16-4-3-15(27-16)10-22-23-18(25)17(24)21-9-14-2-1-5-26-14/h3-4,6-8,10,14H,1-2,5,9H2,(H,21,24)(H,23,25)/b22-10-/t14-/m0/s1. The van der Waals surface area contributed by atoms with Crippen molar-refractivity contribution in [1.29, 1.82) is 0 Å². The summed E-state index contributed by atoms with van der Waals surface area (Å²) in [5, 5.41) is 7.22. The van der Waals surface area contributed by atoms with E-state index in [4.69, 9.17) is 32.4 Å². The van der Waals surface area contributed by atoms with E-state index < -0.39 is 11.8 Å². The van der Waals surface area contributed by atoms with Gasteiger partial charge in [0.15, 0.2) is 0 Å². The summed E-state index contributed by atoms with van der Waals surface area (Å²) >= 11 is 12.0. The predicted octanol–water partition coefficient (Wildman–Crippen LogP) is 3.00. The highest BCUT2D eigenvalue weighted by Crippen LogP contribution is 2.28. The van der Waals surface area contributed by atoms with Gasteiger partial charge in [0.2, 0.25) is 0 Å². The Balaban J connectivity index is 1.51. The minimum Gasteiger partial charge on any atom is -0.455 e. The van der Waals surface area contributed by atoms with Crippen LogP contribution in [0.3, 0.4) is 0 Å². The van der Waals surface area contributed by atoms with Crippen LogP contribution in [0.5, 0.6) is 0 Å². The fourth-order valence-corrected chi connectivity index (χ4v) is 3.10. The Kier molecular flexibility index (Phi) is 6.49. The molecule has 0 bridgehead atoms. The van der Waals surface area contributed by atoms with Gasteiger partial charge in [-0.1, -0.05) is 23.2 Å². The summed E-state index contributed by atoms with van der Waals surface area (Å²) in [6, 6.07) is 8.44. The maximum atomic E-state index is 11.7. The van der Waals surface area contributed by atoms with Crippen LogP contribution in [-0.2, 0) is 14.3 Å². The third kappa shape index (κ3) is 5.56. The molecule has 0 radical (unpaired) electrons. The molecule has 0 spiro atoms. The van der Waals surface area contributed by atoms with Crippen molar-refractivity contribution >= 4 is 41.2 Å². The number of nitrogens with one attached hydrogen (secondary N) is 2. The van der Waals surface area contributed by atoms with Crippen molar-refractivity contribution in [3.8, 4) is 11.3 Å². The van der Waals surface area contributed by atoms with E-state index in [1.807, 2.05) is 0 Å². The molecule has 0 aliphatic carbocycles. The highest BCUT2D eigenvalue weighted by molar-refractivity contribution is 6.35. The predicted molar refractivity (Wildman–Crippen MR) is 102 cm³/mol. The minimum absolute atomic E-state index is 0.0354. The number of furan rings is 1. The van der Waals surface area contributed by atoms with E-state index >= 15 is 0 Å². The van der Waals surface area contributed by atoms with Gasteiger partial charge >= 0.3 is 11.8 Å². The Labute approximate surface area is 165 Å². The normalized spacial score (nSPS) is 16.6. The first-order valence-corrected chi connectivity index (χ1v) is 9.06. The SMILES string of the molecule is O=C(NC[C@@H]1CCCO1)C(=O)N/N=C\c1ccc(-c2cc(Cl)cc(Cl)c2)o1. The summed E-state index contributed by atoms with van der Waals surface area (Å²) in [5.74, 6) is -0.698. The second-order valence-electron chi connectivity index (χ2n) is 5.90. The number of nitrogens with zero attached hydrogens (tertiary/aromatic N) is 1. The third-order valence-electron chi connectivity index (χ3n) is 3.85. The molecular weight excluding hydrogens is 393 g/mol. The number of amides is 2. The molecule has 7 nitrogen and oxygen atoms in total. The number of carbonyl (C=O) groups excluding carboxylic acids is 2. The number of ether oxygens (including phenoxy) is 1. The first-order valence-electron chi connectivity index (χ1n) is 8.30. The lowest BCUT2D eigenvalue weighted by molar-refractivity contribution is -0.139. The summed E-state index contributed by atoms with van der Waals surface area (Å²) in [6.45, 7) is 0.989. The summed E-state index contributed by atoms with van der Waals surface area (Å²) < 4.78 is 11.0. The van der Waals surface area contributed by atoms with Gasteiger partial charge in [-0.05, 0) is 43.2 Å². The number of hydrogen-bond donors (Lipinski definition) is 2. The molecule has 1 aromatic heterocycles. The monoisotopic (exact) mass is 409 g/mol. The Morgan fingerprint density at radius 2 is 1.96 bits per heavy atom. The van der Waals surface area contributed by atoms with Crippen LogP contribution in [0, 0.1) is 0 Å². The first kappa shape index (κ1) is 19.4. The zero-order chi connectivity index (χ0) is 19.2. The van der Waals surface area contributed by atoms with Crippen LogP contribution in [0.15, 0.2) is 39.9 Å². The molecule has 9 heteroatoms. The Hall–Kier alpha value is -2.35. The maximum absolute atomic E-state index is 11.7. The smallest absolute Gasteiger partial charge is 0.329 e. The molecule has 1 aliphatic heterocycles. The van der Waals surface area contributed by atoms with Gasteiger partial charge in [-0.2, -0.15) is 5.10 Å². The summed E-state index contributed by atoms with van der Waals surface area (Å²) in [4.78, 5) is 23.4. The van der Waals surface area contributed by atoms with Crippen LogP contribution in [0.4, 0.5) is 0 Å². The Morgan fingerprint density at radius 1 is 1.19 bits per heavy atom. The second-order valence-corrected chi connectivity index (χ2v) is 6.78. The average molecular weight is 410 g/mol. The molecule has 3 rings (SSSR count). The van der Waals surface area contributed by atoms with Gasteiger partial charge in [-0.15, -0.1) is 0 Å². The summed E-state index contributed by atoms with van der Waals surface area (Å²) in [7, 11) is 0. The molecule has 1 atom stereocenters. The fraction of sp³-hybridized carbons (Fsp3) is 0.278. The van der Waals surface area contributed by atoms with Crippen molar-refractivity contribution in [2.45, 2.75) is 18.9 Å². The molecule has 27 heavy (non-hydrogen) atoms. The van der Waals surface area contributed by atoms with Crippen molar-refractivity contribution in [3.63, 3.8) is 0 Å².